The second-order valence-electron chi connectivity index (χ2n) is 7.65. The van der Waals surface area contributed by atoms with Crippen molar-refractivity contribution in [3.05, 3.63) is 29.8 Å². The quantitative estimate of drug-likeness (QED) is 0.723. The first-order valence-corrected chi connectivity index (χ1v) is 10.7. The van der Waals surface area contributed by atoms with Crippen molar-refractivity contribution < 1.29 is 14.3 Å². The summed E-state index contributed by atoms with van der Waals surface area (Å²) < 4.78 is 5.64. The first-order valence-electron chi connectivity index (χ1n) is 10.7. The Morgan fingerprint density at radius 3 is 2.38 bits per heavy atom. The Kier molecular flexibility index (Phi) is 9.25. The van der Waals surface area contributed by atoms with Crippen LogP contribution in [0.4, 0.5) is 4.79 Å². The van der Waals surface area contributed by atoms with Crippen molar-refractivity contribution in [2.45, 2.75) is 46.8 Å². The predicted octanol–water partition coefficient (Wildman–Crippen LogP) is 2.56. The third-order valence-electron chi connectivity index (χ3n) is 5.09. The van der Waals surface area contributed by atoms with E-state index in [-0.39, 0.29) is 18.0 Å². The van der Waals surface area contributed by atoms with Crippen LogP contribution in [0.3, 0.4) is 0 Å². The SMILES string of the molecule is CCN(CC)C(=O)CN1CCCN(C(=O)NCc2ccc(OC(C)C)cc2)CC1. The molecule has 0 aliphatic carbocycles. The third-order valence-corrected chi connectivity index (χ3v) is 5.09. The molecule has 0 bridgehead atoms. The number of urea groups is 1. The lowest BCUT2D eigenvalue weighted by Gasteiger charge is -2.25. The van der Waals surface area contributed by atoms with E-state index in [2.05, 4.69) is 10.2 Å². The number of nitrogens with one attached hydrogen (secondary N) is 1. The van der Waals surface area contributed by atoms with Crippen molar-refractivity contribution in [2.75, 3.05) is 45.8 Å². The molecular weight excluding hydrogens is 368 g/mol. The first-order chi connectivity index (χ1) is 13.9. The van der Waals surface area contributed by atoms with E-state index < -0.39 is 0 Å². The summed E-state index contributed by atoms with van der Waals surface area (Å²) in [4.78, 5) is 30.7. The molecular formula is C22H36N4O3. The number of carbonyl (C=O) groups excluding carboxylic acids is 2. The summed E-state index contributed by atoms with van der Waals surface area (Å²) in [6.45, 7) is 13.3. The minimum Gasteiger partial charge on any atom is -0.491 e. The highest BCUT2D eigenvalue weighted by Crippen LogP contribution is 2.14. The molecule has 3 amide bonds. The van der Waals surface area contributed by atoms with Crippen LogP contribution < -0.4 is 10.1 Å². The van der Waals surface area contributed by atoms with Gasteiger partial charge in [-0.1, -0.05) is 12.1 Å². The number of hydrogen-bond acceptors (Lipinski definition) is 4. The Bertz CT molecular complexity index is 644. The molecule has 1 heterocycles. The molecule has 1 N–H and O–H groups in total. The Balaban J connectivity index is 1.78. The standard InChI is InChI=1S/C22H36N4O3/c1-5-25(6-2)21(27)17-24-12-7-13-26(15-14-24)22(28)23-16-19-8-10-20(11-9-19)29-18(3)4/h8-11,18H,5-7,12-17H2,1-4H3,(H,23,28). The predicted molar refractivity (Wildman–Crippen MR) is 115 cm³/mol. The van der Waals surface area contributed by atoms with E-state index in [9.17, 15) is 9.59 Å². The molecule has 1 aromatic rings. The average molecular weight is 405 g/mol. The van der Waals surface area contributed by atoms with Gasteiger partial charge in [0.2, 0.25) is 5.91 Å². The molecule has 0 saturated carbocycles. The van der Waals surface area contributed by atoms with E-state index >= 15 is 0 Å². The summed E-state index contributed by atoms with van der Waals surface area (Å²) in [6, 6.07) is 7.75. The van der Waals surface area contributed by atoms with E-state index in [0.717, 1.165) is 43.9 Å². The van der Waals surface area contributed by atoms with Gasteiger partial charge in [0.15, 0.2) is 0 Å². The monoisotopic (exact) mass is 404 g/mol. The van der Waals surface area contributed by atoms with Crippen LogP contribution in [0.5, 0.6) is 5.75 Å². The average Bonchev–Trinajstić information content (AvgIpc) is 2.93. The normalized spacial score (nSPS) is 15.1. The summed E-state index contributed by atoms with van der Waals surface area (Å²) >= 11 is 0. The van der Waals surface area contributed by atoms with Crippen molar-refractivity contribution >= 4 is 11.9 Å². The minimum atomic E-state index is -0.0515. The second-order valence-corrected chi connectivity index (χ2v) is 7.65. The molecule has 162 valence electrons. The van der Waals surface area contributed by atoms with Crippen LogP contribution in [0.1, 0.15) is 39.7 Å². The van der Waals surface area contributed by atoms with E-state index in [1.54, 1.807) is 0 Å². The van der Waals surface area contributed by atoms with Gasteiger partial charge in [0.05, 0.1) is 12.6 Å². The summed E-state index contributed by atoms with van der Waals surface area (Å²) in [5, 5.41) is 3.00. The van der Waals surface area contributed by atoms with Gasteiger partial charge in [0.25, 0.3) is 0 Å². The number of likely N-dealkylation sites (N-methyl/N-ethyl adjacent to an activating group) is 1. The van der Waals surface area contributed by atoms with Crippen LogP contribution in [-0.2, 0) is 11.3 Å². The van der Waals surface area contributed by atoms with Crippen molar-refractivity contribution in [1.29, 1.82) is 0 Å². The summed E-state index contributed by atoms with van der Waals surface area (Å²) in [6.07, 6.45) is 1.02. The fourth-order valence-electron chi connectivity index (χ4n) is 3.45. The summed E-state index contributed by atoms with van der Waals surface area (Å²) in [5.41, 5.74) is 1.04. The molecule has 0 atom stereocenters. The van der Waals surface area contributed by atoms with Crippen LogP contribution in [-0.4, -0.2) is 78.6 Å². The number of carbonyl (C=O) groups is 2. The van der Waals surface area contributed by atoms with Crippen LogP contribution in [0.15, 0.2) is 24.3 Å². The first kappa shape index (κ1) is 23.0. The summed E-state index contributed by atoms with van der Waals surface area (Å²) in [5.74, 6) is 1.000. The molecule has 1 saturated heterocycles. The number of nitrogens with zero attached hydrogens (tertiary/aromatic N) is 3. The maximum atomic E-state index is 12.6. The Labute approximate surface area is 175 Å². The number of benzene rings is 1. The number of hydrogen-bond donors (Lipinski definition) is 1. The van der Waals surface area contributed by atoms with Crippen molar-refractivity contribution in [3.8, 4) is 5.75 Å². The van der Waals surface area contributed by atoms with Crippen molar-refractivity contribution in [2.24, 2.45) is 0 Å². The minimum absolute atomic E-state index is 0.0515. The molecule has 7 nitrogen and oxygen atoms in total. The maximum Gasteiger partial charge on any atom is 0.317 e. The van der Waals surface area contributed by atoms with Gasteiger partial charge in [-0.25, -0.2) is 4.79 Å². The van der Waals surface area contributed by atoms with Gasteiger partial charge in [0.1, 0.15) is 5.75 Å². The number of amides is 3. The van der Waals surface area contributed by atoms with E-state index in [1.165, 1.54) is 0 Å². The zero-order valence-corrected chi connectivity index (χ0v) is 18.3. The fourth-order valence-corrected chi connectivity index (χ4v) is 3.45. The van der Waals surface area contributed by atoms with Gasteiger partial charge < -0.3 is 19.9 Å². The maximum absolute atomic E-state index is 12.6. The van der Waals surface area contributed by atoms with Gasteiger partial charge in [-0.2, -0.15) is 0 Å². The lowest BCUT2D eigenvalue weighted by molar-refractivity contribution is -0.132. The Hall–Kier alpha value is -2.28. The van der Waals surface area contributed by atoms with Gasteiger partial charge in [-0.15, -0.1) is 0 Å². The zero-order chi connectivity index (χ0) is 21.2. The molecule has 29 heavy (non-hydrogen) atoms. The second kappa shape index (κ2) is 11.7. The van der Waals surface area contributed by atoms with Crippen LogP contribution in [0.25, 0.3) is 0 Å². The van der Waals surface area contributed by atoms with E-state index in [0.29, 0.717) is 26.2 Å². The molecule has 0 radical (unpaired) electrons. The highest BCUT2D eigenvalue weighted by Gasteiger charge is 2.21. The lowest BCUT2D eigenvalue weighted by Crippen LogP contribution is -2.43. The Morgan fingerprint density at radius 1 is 1.07 bits per heavy atom. The largest absolute Gasteiger partial charge is 0.491 e. The van der Waals surface area contributed by atoms with Gasteiger partial charge in [-0.05, 0) is 51.8 Å². The molecule has 2 rings (SSSR count). The van der Waals surface area contributed by atoms with E-state index in [4.69, 9.17) is 4.74 Å². The van der Waals surface area contributed by atoms with Gasteiger partial charge in [-0.3, -0.25) is 9.69 Å². The smallest absolute Gasteiger partial charge is 0.317 e. The highest BCUT2D eigenvalue weighted by molar-refractivity contribution is 5.78. The van der Waals surface area contributed by atoms with Crippen molar-refractivity contribution in [1.82, 2.24) is 20.0 Å². The van der Waals surface area contributed by atoms with E-state index in [1.807, 2.05) is 61.8 Å². The van der Waals surface area contributed by atoms with Gasteiger partial charge in [0, 0.05) is 45.8 Å². The molecule has 0 spiro atoms. The third kappa shape index (κ3) is 7.57. The highest BCUT2D eigenvalue weighted by atomic mass is 16.5. The van der Waals surface area contributed by atoms with Crippen LogP contribution >= 0.6 is 0 Å². The zero-order valence-electron chi connectivity index (χ0n) is 18.3. The van der Waals surface area contributed by atoms with Gasteiger partial charge >= 0.3 is 6.03 Å². The topological polar surface area (TPSA) is 65.1 Å². The molecule has 0 unspecified atom stereocenters. The molecule has 1 aliphatic heterocycles. The Morgan fingerprint density at radius 2 is 1.76 bits per heavy atom. The van der Waals surface area contributed by atoms with Crippen LogP contribution in [0.2, 0.25) is 0 Å². The molecule has 0 aromatic heterocycles. The van der Waals surface area contributed by atoms with Crippen LogP contribution in [0, 0.1) is 0 Å². The number of rotatable bonds is 8. The number of ether oxygens (including phenoxy) is 1. The fraction of sp³-hybridized carbons (Fsp3) is 0.636. The summed E-state index contributed by atoms with van der Waals surface area (Å²) in [7, 11) is 0. The lowest BCUT2D eigenvalue weighted by atomic mass is 10.2. The molecule has 1 fully saturated rings. The molecule has 1 aromatic carbocycles. The molecule has 1 aliphatic rings. The molecule has 7 heteroatoms. The van der Waals surface area contributed by atoms with Crippen molar-refractivity contribution in [3.63, 3.8) is 0 Å².